The van der Waals surface area contributed by atoms with Crippen LogP contribution in [0.5, 0.6) is 5.75 Å². The molecule has 8 heteroatoms. The molecule has 5 nitrogen and oxygen atoms in total. The third kappa shape index (κ3) is 5.08. The number of ether oxygens (including phenoxy) is 2. The van der Waals surface area contributed by atoms with Crippen molar-refractivity contribution < 1.29 is 18.7 Å². The molecule has 0 unspecified atom stereocenters. The molecule has 0 amide bonds. The molecular formula is C26H21Cl2FN2O3. The van der Waals surface area contributed by atoms with Crippen molar-refractivity contribution in [2.45, 2.75) is 20.5 Å². The average Bonchev–Trinajstić information content (AvgIpc) is 3.20. The summed E-state index contributed by atoms with van der Waals surface area (Å²) in [6.07, 6.45) is 0. The molecule has 0 N–H and O–H groups in total. The average molecular weight is 499 g/mol. The Morgan fingerprint density at radius 1 is 1.03 bits per heavy atom. The van der Waals surface area contributed by atoms with Crippen molar-refractivity contribution in [2.24, 2.45) is 0 Å². The first-order valence-corrected chi connectivity index (χ1v) is 11.3. The highest BCUT2D eigenvalue weighted by molar-refractivity contribution is 6.31. The molecule has 0 fully saturated rings. The number of carbonyl (C=O) groups excluding carboxylic acids is 1. The Kier molecular flexibility index (Phi) is 7.20. The van der Waals surface area contributed by atoms with E-state index in [0.29, 0.717) is 32.7 Å². The minimum atomic E-state index is -0.493. The molecule has 0 spiro atoms. The zero-order valence-electron chi connectivity index (χ0n) is 18.5. The van der Waals surface area contributed by atoms with Crippen LogP contribution in [0.15, 0.2) is 66.7 Å². The van der Waals surface area contributed by atoms with Crippen LogP contribution in [0.3, 0.4) is 0 Å². The normalized spacial score (nSPS) is 10.9. The van der Waals surface area contributed by atoms with Gasteiger partial charge in [-0.2, -0.15) is 0 Å². The number of hydrogen-bond acceptors (Lipinski definition) is 4. The van der Waals surface area contributed by atoms with Gasteiger partial charge in [0.1, 0.15) is 24.0 Å². The van der Waals surface area contributed by atoms with Crippen molar-refractivity contribution >= 4 is 29.2 Å². The van der Waals surface area contributed by atoms with Gasteiger partial charge in [0.15, 0.2) is 5.69 Å². The van der Waals surface area contributed by atoms with Crippen molar-refractivity contribution in [3.63, 3.8) is 0 Å². The zero-order valence-corrected chi connectivity index (χ0v) is 20.0. The lowest BCUT2D eigenvalue weighted by molar-refractivity contribution is 0.0519. The third-order valence-corrected chi connectivity index (χ3v) is 5.61. The van der Waals surface area contributed by atoms with Gasteiger partial charge in [-0.05, 0) is 68.4 Å². The molecule has 4 rings (SSSR count). The number of benzene rings is 2. The van der Waals surface area contributed by atoms with Crippen LogP contribution in [0.2, 0.25) is 10.0 Å². The van der Waals surface area contributed by atoms with Crippen LogP contribution in [-0.4, -0.2) is 22.1 Å². The first kappa shape index (κ1) is 23.8. The Labute approximate surface area is 206 Å². The Morgan fingerprint density at radius 2 is 1.79 bits per heavy atom. The summed E-state index contributed by atoms with van der Waals surface area (Å²) in [4.78, 5) is 16.7. The molecule has 174 valence electrons. The van der Waals surface area contributed by atoms with E-state index in [1.807, 2.05) is 23.6 Å². The van der Waals surface area contributed by atoms with E-state index in [1.54, 1.807) is 55.5 Å². The molecule has 34 heavy (non-hydrogen) atoms. The summed E-state index contributed by atoms with van der Waals surface area (Å²) in [5, 5.41) is 0.831. The minimum absolute atomic E-state index is 0.00786. The predicted octanol–water partition coefficient (Wildman–Crippen LogP) is 7.05. The molecular weight excluding hydrogens is 478 g/mol. The van der Waals surface area contributed by atoms with Crippen LogP contribution >= 0.6 is 23.2 Å². The number of esters is 1. The highest BCUT2D eigenvalue weighted by Gasteiger charge is 2.18. The number of halogens is 3. The SMILES string of the molecule is CCOC(=O)c1cccc(-n2c(C)ccc2-c2cc(Cl)ccc2OCc2ccc(Cl)cc2F)n1. The smallest absolute Gasteiger partial charge is 0.356 e. The number of aromatic nitrogens is 2. The molecule has 4 aromatic rings. The molecule has 0 aliphatic rings. The van der Waals surface area contributed by atoms with Crippen molar-refractivity contribution in [3.8, 4) is 22.8 Å². The molecule has 2 aromatic carbocycles. The maximum Gasteiger partial charge on any atom is 0.356 e. The van der Waals surface area contributed by atoms with Gasteiger partial charge in [-0.3, -0.25) is 4.57 Å². The van der Waals surface area contributed by atoms with Gasteiger partial charge < -0.3 is 9.47 Å². The van der Waals surface area contributed by atoms with E-state index in [-0.39, 0.29) is 18.9 Å². The maximum atomic E-state index is 14.3. The second-order valence-corrected chi connectivity index (χ2v) is 8.33. The molecule has 0 aliphatic heterocycles. The third-order valence-electron chi connectivity index (χ3n) is 5.14. The highest BCUT2D eigenvalue weighted by atomic mass is 35.5. The molecule has 0 aliphatic carbocycles. The van der Waals surface area contributed by atoms with Gasteiger partial charge in [-0.15, -0.1) is 0 Å². The zero-order chi connectivity index (χ0) is 24.2. The van der Waals surface area contributed by atoms with Gasteiger partial charge in [0.05, 0.1) is 12.3 Å². The number of carbonyl (C=O) groups is 1. The van der Waals surface area contributed by atoms with Gasteiger partial charge in [0, 0.05) is 26.9 Å². The number of nitrogens with zero attached hydrogens (tertiary/aromatic N) is 2. The number of rotatable bonds is 7. The van der Waals surface area contributed by atoms with Crippen LogP contribution in [0.1, 0.15) is 28.7 Å². The fourth-order valence-corrected chi connectivity index (χ4v) is 3.87. The first-order chi connectivity index (χ1) is 16.4. The number of pyridine rings is 1. The van der Waals surface area contributed by atoms with Crippen molar-refractivity contribution in [1.29, 1.82) is 0 Å². The van der Waals surface area contributed by atoms with Gasteiger partial charge in [-0.25, -0.2) is 14.2 Å². The number of hydrogen-bond donors (Lipinski definition) is 0. The fraction of sp³-hybridized carbons (Fsp3) is 0.154. The Balaban J connectivity index is 1.73. The Bertz CT molecular complexity index is 1350. The summed E-state index contributed by atoms with van der Waals surface area (Å²) < 4.78 is 27.2. The van der Waals surface area contributed by atoms with Gasteiger partial charge in [-0.1, -0.05) is 35.3 Å². The van der Waals surface area contributed by atoms with E-state index in [0.717, 1.165) is 11.4 Å². The molecule has 2 aromatic heterocycles. The Morgan fingerprint density at radius 3 is 2.56 bits per heavy atom. The second kappa shape index (κ2) is 10.3. The summed E-state index contributed by atoms with van der Waals surface area (Å²) in [5.41, 5.74) is 2.91. The number of aryl methyl sites for hydroxylation is 1. The monoisotopic (exact) mass is 498 g/mol. The van der Waals surface area contributed by atoms with Crippen LogP contribution in [0.25, 0.3) is 17.1 Å². The lowest BCUT2D eigenvalue weighted by atomic mass is 10.1. The lowest BCUT2D eigenvalue weighted by Crippen LogP contribution is -2.10. The summed E-state index contributed by atoms with van der Waals surface area (Å²) in [5.74, 6) is 0.118. The molecule has 0 bridgehead atoms. The summed E-state index contributed by atoms with van der Waals surface area (Å²) in [6, 6.07) is 18.7. The highest BCUT2D eigenvalue weighted by Crippen LogP contribution is 2.36. The van der Waals surface area contributed by atoms with E-state index in [2.05, 4.69) is 4.98 Å². The molecule has 0 radical (unpaired) electrons. The van der Waals surface area contributed by atoms with Crippen molar-refractivity contribution in [3.05, 3.63) is 99.5 Å². The van der Waals surface area contributed by atoms with E-state index in [1.165, 1.54) is 6.07 Å². The second-order valence-electron chi connectivity index (χ2n) is 7.46. The lowest BCUT2D eigenvalue weighted by Gasteiger charge is -2.16. The van der Waals surface area contributed by atoms with Crippen molar-refractivity contribution in [1.82, 2.24) is 9.55 Å². The van der Waals surface area contributed by atoms with E-state index in [9.17, 15) is 9.18 Å². The van der Waals surface area contributed by atoms with E-state index in [4.69, 9.17) is 32.7 Å². The van der Waals surface area contributed by atoms with Gasteiger partial charge in [0.25, 0.3) is 0 Å². The molecule has 0 saturated heterocycles. The quantitative estimate of drug-likeness (QED) is 0.256. The topological polar surface area (TPSA) is 53.4 Å². The van der Waals surface area contributed by atoms with Crippen molar-refractivity contribution in [2.75, 3.05) is 6.61 Å². The van der Waals surface area contributed by atoms with Crippen LogP contribution in [0, 0.1) is 12.7 Å². The minimum Gasteiger partial charge on any atom is -0.488 e. The van der Waals surface area contributed by atoms with Gasteiger partial charge in [0.2, 0.25) is 0 Å². The molecule has 2 heterocycles. The standard InChI is InChI=1S/C26H21Cl2FN2O3/c1-3-33-26(32)22-5-4-6-25(30-22)31-16(2)7-11-23(31)20-13-18(27)10-12-24(20)34-15-17-8-9-19(28)14-21(17)29/h4-14H,3,15H2,1-2H3. The predicted molar refractivity (Wildman–Crippen MR) is 130 cm³/mol. The largest absolute Gasteiger partial charge is 0.488 e. The van der Waals surface area contributed by atoms with E-state index >= 15 is 0 Å². The first-order valence-electron chi connectivity index (χ1n) is 10.6. The maximum absolute atomic E-state index is 14.3. The molecule has 0 atom stereocenters. The van der Waals surface area contributed by atoms with Gasteiger partial charge >= 0.3 is 5.97 Å². The van der Waals surface area contributed by atoms with E-state index < -0.39 is 11.8 Å². The summed E-state index contributed by atoms with van der Waals surface area (Å²) in [6.45, 7) is 3.94. The summed E-state index contributed by atoms with van der Waals surface area (Å²) >= 11 is 12.2. The van der Waals surface area contributed by atoms with Crippen LogP contribution in [0.4, 0.5) is 4.39 Å². The van der Waals surface area contributed by atoms with Crippen LogP contribution < -0.4 is 4.74 Å². The summed E-state index contributed by atoms with van der Waals surface area (Å²) in [7, 11) is 0. The fourth-order valence-electron chi connectivity index (χ4n) is 3.54. The van der Waals surface area contributed by atoms with Crippen LogP contribution in [-0.2, 0) is 11.3 Å². The molecule has 0 saturated carbocycles. The Hall–Kier alpha value is -3.35.